The molecule has 0 saturated heterocycles. The first kappa shape index (κ1) is 17.1. The van der Waals surface area contributed by atoms with Crippen molar-refractivity contribution in [3.05, 3.63) is 70.8 Å². The van der Waals surface area contributed by atoms with E-state index in [9.17, 15) is 28.8 Å². The van der Waals surface area contributed by atoms with E-state index in [2.05, 4.69) is 0 Å². The quantitative estimate of drug-likeness (QED) is 0.542. The smallest absolute Gasteiger partial charge is 0.267 e. The van der Waals surface area contributed by atoms with Gasteiger partial charge in [-0.05, 0) is 24.3 Å². The summed E-state index contributed by atoms with van der Waals surface area (Å²) in [7, 11) is 0. The summed E-state index contributed by atoms with van der Waals surface area (Å²) in [6.45, 7) is 0. The van der Waals surface area contributed by atoms with E-state index in [1.165, 1.54) is 24.3 Å². The van der Waals surface area contributed by atoms with Gasteiger partial charge in [-0.1, -0.05) is 24.3 Å². The van der Waals surface area contributed by atoms with Crippen LogP contribution in [0.2, 0.25) is 0 Å². The highest BCUT2D eigenvalue weighted by Crippen LogP contribution is 2.21. The number of fused-ring (bicyclic) bond motifs is 2. The van der Waals surface area contributed by atoms with E-state index < -0.39 is 35.4 Å². The van der Waals surface area contributed by atoms with Gasteiger partial charge in [0.25, 0.3) is 23.6 Å². The van der Waals surface area contributed by atoms with Crippen LogP contribution in [-0.4, -0.2) is 45.5 Å². The van der Waals surface area contributed by atoms with Gasteiger partial charge in [0.2, 0.25) is 0 Å². The Morgan fingerprint density at radius 2 is 0.786 bits per heavy atom. The number of benzene rings is 2. The molecule has 0 radical (unpaired) electrons. The summed E-state index contributed by atoms with van der Waals surface area (Å²) in [5.41, 5.74) is 4.08. The number of imide groups is 2. The van der Waals surface area contributed by atoms with Gasteiger partial charge in [-0.2, -0.15) is 10.0 Å². The van der Waals surface area contributed by atoms with Crippen molar-refractivity contribution in [3.8, 4) is 0 Å². The molecule has 0 unspecified atom stereocenters. The average Bonchev–Trinajstić information content (AvgIpc) is 3.09. The van der Waals surface area contributed by atoms with E-state index in [1.54, 1.807) is 24.3 Å². The van der Waals surface area contributed by atoms with Crippen LogP contribution in [0.3, 0.4) is 0 Å². The molecule has 0 saturated carbocycles. The summed E-state index contributed by atoms with van der Waals surface area (Å²) in [5.74, 6) is -6.01. The van der Waals surface area contributed by atoms with Crippen LogP contribution in [-0.2, 0) is 9.59 Å². The molecule has 2 N–H and O–H groups in total. The first-order valence-electron chi connectivity index (χ1n) is 7.97. The van der Waals surface area contributed by atoms with E-state index in [0.29, 0.717) is 10.0 Å². The number of hydrogen-bond acceptors (Lipinski definition) is 6. The predicted octanol–water partition coefficient (Wildman–Crippen LogP) is -0.359. The molecule has 2 aromatic carbocycles. The van der Waals surface area contributed by atoms with Crippen LogP contribution in [0.25, 0.3) is 0 Å². The largest absolute Gasteiger partial charge is 0.330 e. The van der Waals surface area contributed by atoms with Crippen LogP contribution >= 0.6 is 0 Å². The van der Waals surface area contributed by atoms with Gasteiger partial charge in [0.15, 0.2) is 0 Å². The molecule has 0 bridgehead atoms. The highest BCUT2D eigenvalue weighted by molar-refractivity contribution is 6.37. The summed E-state index contributed by atoms with van der Waals surface area (Å²) >= 11 is 0. The van der Waals surface area contributed by atoms with Crippen LogP contribution in [0.15, 0.2) is 48.5 Å². The summed E-state index contributed by atoms with van der Waals surface area (Å²) in [6.07, 6.45) is 0. The maximum atomic E-state index is 12.2. The molecule has 2 aliphatic rings. The lowest BCUT2D eigenvalue weighted by Crippen LogP contribution is -2.55. The Morgan fingerprint density at radius 1 is 0.536 bits per heavy atom. The minimum atomic E-state index is -1.40. The van der Waals surface area contributed by atoms with Gasteiger partial charge in [-0.3, -0.25) is 28.8 Å². The molecule has 0 aromatic heterocycles. The zero-order valence-corrected chi connectivity index (χ0v) is 14.0. The number of nitrogens with zero attached hydrogens (tertiary/aromatic N) is 2. The minimum Gasteiger partial charge on any atom is -0.267 e. The molecule has 0 fully saturated rings. The fourth-order valence-electron chi connectivity index (χ4n) is 2.89. The number of rotatable bonds is 2. The Hall–Kier alpha value is -4.34. The molecule has 2 aliphatic heterocycles. The third-order valence-electron chi connectivity index (χ3n) is 4.22. The van der Waals surface area contributed by atoms with Gasteiger partial charge in [-0.25, -0.2) is 10.9 Å². The number of hydrogen-bond donors (Lipinski definition) is 2. The number of carbonyl (C=O) groups is 6. The summed E-state index contributed by atoms with van der Waals surface area (Å²) < 4.78 is 0. The van der Waals surface area contributed by atoms with Crippen molar-refractivity contribution in [1.82, 2.24) is 20.9 Å². The van der Waals surface area contributed by atoms with Crippen molar-refractivity contribution in [2.75, 3.05) is 0 Å². The van der Waals surface area contributed by atoms with Crippen LogP contribution in [0.4, 0.5) is 0 Å². The van der Waals surface area contributed by atoms with Crippen molar-refractivity contribution in [2.45, 2.75) is 0 Å². The molecule has 10 heteroatoms. The standard InChI is InChI=1S/C18H10N4O6/c23-13(19-21-15(25)9-5-1-2-6-10(9)16(21)26)14(24)20-22-17(27)11-7-3-4-8-12(11)18(22)28/h1-8H,(H,19,23)(H,20,24). The molecule has 28 heavy (non-hydrogen) atoms. The molecule has 2 aromatic rings. The fraction of sp³-hybridized carbons (Fsp3) is 0. The maximum Gasteiger partial charge on any atom is 0.330 e. The molecule has 0 spiro atoms. The lowest BCUT2D eigenvalue weighted by molar-refractivity contribution is -0.142. The van der Waals surface area contributed by atoms with E-state index in [0.717, 1.165) is 0 Å². The van der Waals surface area contributed by atoms with Crippen molar-refractivity contribution >= 4 is 35.4 Å². The Kier molecular flexibility index (Phi) is 3.74. The number of carbonyl (C=O) groups excluding carboxylic acids is 6. The van der Waals surface area contributed by atoms with E-state index in [1.807, 2.05) is 10.9 Å². The summed E-state index contributed by atoms with van der Waals surface area (Å²) in [5, 5.41) is 0.796. The molecule has 2 heterocycles. The normalized spacial score (nSPS) is 14.9. The van der Waals surface area contributed by atoms with Crippen molar-refractivity contribution in [1.29, 1.82) is 0 Å². The molecular weight excluding hydrogens is 368 g/mol. The third-order valence-corrected chi connectivity index (χ3v) is 4.22. The number of hydrazine groups is 2. The van der Waals surface area contributed by atoms with Gasteiger partial charge in [0.05, 0.1) is 22.3 Å². The van der Waals surface area contributed by atoms with E-state index >= 15 is 0 Å². The van der Waals surface area contributed by atoms with E-state index in [-0.39, 0.29) is 22.3 Å². The van der Waals surface area contributed by atoms with Gasteiger partial charge >= 0.3 is 11.8 Å². The van der Waals surface area contributed by atoms with Crippen molar-refractivity contribution in [3.63, 3.8) is 0 Å². The van der Waals surface area contributed by atoms with E-state index in [4.69, 9.17) is 0 Å². The molecule has 0 atom stereocenters. The monoisotopic (exact) mass is 378 g/mol. The maximum absolute atomic E-state index is 12.2. The average molecular weight is 378 g/mol. The Labute approximate surface area is 156 Å². The first-order valence-corrected chi connectivity index (χ1v) is 7.97. The van der Waals surface area contributed by atoms with Gasteiger partial charge < -0.3 is 0 Å². The SMILES string of the molecule is O=C(NN1C(=O)c2ccccc2C1=O)C(=O)NN1C(=O)c2ccccc2C1=O. The van der Waals surface area contributed by atoms with Crippen molar-refractivity contribution < 1.29 is 28.8 Å². The third kappa shape index (κ3) is 2.43. The minimum absolute atomic E-state index is 0.0774. The Morgan fingerprint density at radius 3 is 1.04 bits per heavy atom. The first-order chi connectivity index (χ1) is 13.4. The highest BCUT2D eigenvalue weighted by Gasteiger charge is 2.40. The number of amides is 6. The lowest BCUT2D eigenvalue weighted by atomic mass is 10.1. The molecule has 138 valence electrons. The summed E-state index contributed by atoms with van der Waals surface area (Å²) in [4.78, 5) is 73.0. The zero-order valence-electron chi connectivity index (χ0n) is 14.0. The molecule has 10 nitrogen and oxygen atoms in total. The molecule has 6 amide bonds. The second kappa shape index (κ2) is 6.13. The van der Waals surface area contributed by atoms with Gasteiger partial charge in [-0.15, -0.1) is 0 Å². The Bertz CT molecular complexity index is 951. The van der Waals surface area contributed by atoms with Crippen LogP contribution in [0.1, 0.15) is 41.4 Å². The van der Waals surface area contributed by atoms with Crippen LogP contribution in [0.5, 0.6) is 0 Å². The summed E-state index contributed by atoms with van der Waals surface area (Å²) in [6, 6.07) is 11.8. The Balaban J connectivity index is 1.47. The second-order valence-electron chi connectivity index (χ2n) is 5.86. The fourth-order valence-corrected chi connectivity index (χ4v) is 2.89. The van der Waals surface area contributed by atoms with Gasteiger partial charge in [0.1, 0.15) is 0 Å². The molecular formula is C18H10N4O6. The van der Waals surface area contributed by atoms with Crippen molar-refractivity contribution in [2.24, 2.45) is 0 Å². The molecule has 0 aliphatic carbocycles. The molecule has 4 rings (SSSR count). The topological polar surface area (TPSA) is 133 Å². The van der Waals surface area contributed by atoms with Crippen LogP contribution < -0.4 is 10.9 Å². The lowest BCUT2D eigenvalue weighted by Gasteiger charge is -2.17. The zero-order chi connectivity index (χ0) is 20.0. The second-order valence-corrected chi connectivity index (χ2v) is 5.86. The number of nitrogens with one attached hydrogen (secondary N) is 2. The van der Waals surface area contributed by atoms with Gasteiger partial charge in [0, 0.05) is 0 Å². The predicted molar refractivity (Wildman–Crippen MR) is 90.2 cm³/mol. The van der Waals surface area contributed by atoms with Crippen LogP contribution in [0, 0.1) is 0 Å². The highest BCUT2D eigenvalue weighted by atomic mass is 16.2.